The predicted molar refractivity (Wildman–Crippen MR) is 110 cm³/mol. The first-order valence-corrected chi connectivity index (χ1v) is 5.95. The molecule has 0 bridgehead atoms. The third kappa shape index (κ3) is 13.2. The largest absolute Gasteiger partial charge is 1.00 e. The molecule has 0 aliphatic rings. The standard InChI is InChI=1S/C19H11NO.ClH.15H2/c1-3-5-6-7-8-9-10-11-12-13-14-15-16-17-19(21)18(20)4-2;;;;;;;;;;;;;;;;/h17-18H,1,4,20H2,2H3;16*1H/t18-;;;;;;;;;;;;;;;;/m0................/s1. The van der Waals surface area contributed by atoms with Gasteiger partial charge in [-0.15, -0.1) is 0 Å². The average Bonchev–Trinajstić information content (AvgIpc) is 2.50. The van der Waals surface area contributed by atoms with Gasteiger partial charge in [0.05, 0.1) is 0 Å². The molecule has 0 aromatic carbocycles. The minimum atomic E-state index is -0.252. The van der Waals surface area contributed by atoms with Gasteiger partial charge in [0.15, 0.2) is 0 Å². The molecule has 1 atom stereocenters. The van der Waals surface area contributed by atoms with Gasteiger partial charge in [0.25, 0.3) is 0 Å². The smallest absolute Gasteiger partial charge is 0.220 e. The summed E-state index contributed by atoms with van der Waals surface area (Å²) in [5.41, 5.74) is 35.9. The Morgan fingerprint density at radius 1 is 1.00 bits per heavy atom. The second-order valence-electron chi connectivity index (χ2n) is 3.35. The first kappa shape index (κ1) is 21.1. The van der Waals surface area contributed by atoms with Crippen molar-refractivity contribution in [1.29, 1.82) is 0 Å². The van der Waals surface area contributed by atoms with E-state index in [1.54, 1.807) is 0 Å². The molecule has 3 N–H and O–H groups in total. The summed E-state index contributed by atoms with van der Waals surface area (Å²) < 4.78 is 0. The summed E-state index contributed by atoms with van der Waals surface area (Å²) in [6.45, 7) is 5.19. The summed E-state index contributed by atoms with van der Waals surface area (Å²) >= 11 is 0. The number of hydrogen-bond donors (Lipinski definition) is 1. The van der Waals surface area contributed by atoms with Gasteiger partial charge in [0, 0.05) is 33.9 Å². The number of rotatable bonds is 3. The number of ketones is 1. The molecule has 0 spiro atoms. The Balaban J connectivity index is -0.0000000167. The molecule has 0 radical (unpaired) electrons. The van der Waals surface area contributed by atoms with E-state index in [9.17, 15) is 4.79 Å². The van der Waals surface area contributed by atoms with Gasteiger partial charge in [-0.05, 0) is 69.6 Å². The summed E-state index contributed by atoms with van der Waals surface area (Å²) in [7, 11) is 0. The van der Waals surface area contributed by atoms with Gasteiger partial charge in [-0.2, -0.15) is 0 Å². The first-order chi connectivity index (χ1) is 10.2. The van der Waals surface area contributed by atoms with Crippen LogP contribution in [0.25, 0.3) is 0 Å². The van der Waals surface area contributed by atoms with Gasteiger partial charge in [0.1, 0.15) is 6.04 Å². The minimum Gasteiger partial charge on any atom is -1.00 e. The van der Waals surface area contributed by atoms with Crippen LogP contribution in [0, 0.1) is 0 Å². The molecule has 0 aliphatic carbocycles. The lowest BCUT2D eigenvalue weighted by atomic mass is 10.1. The SMILES string of the molecule is C=C=C=C=C=C=C=C=C=C=C=C=C=C=CC(=O)[C@@H]([NH3+])CC.[Cl-].[HH].[HH].[HH].[HH].[HH].[HH].[HH].[HH].[HH].[HH].[HH].[HH].[HH].[HH].[HH]. The Morgan fingerprint density at radius 2 is 1.41 bits per heavy atom. The highest BCUT2D eigenvalue weighted by molar-refractivity contribution is 5.92. The van der Waals surface area contributed by atoms with Crippen LogP contribution in [0.15, 0.2) is 87.2 Å². The fourth-order valence-electron chi connectivity index (χ4n) is 0.788. The highest BCUT2D eigenvalue weighted by Crippen LogP contribution is 1.85. The Bertz CT molecular complexity index is 924. The summed E-state index contributed by atoms with van der Waals surface area (Å²) in [5, 5.41) is 0. The van der Waals surface area contributed by atoms with Crippen molar-refractivity contribution in [3.63, 3.8) is 0 Å². The molecular formula is C19H42ClNO. The van der Waals surface area contributed by atoms with Gasteiger partial charge < -0.3 is 18.1 Å². The van der Waals surface area contributed by atoms with Gasteiger partial charge >= 0.3 is 0 Å². The zero-order chi connectivity index (χ0) is 15.8. The molecular weight excluding hydrogens is 294 g/mol. The van der Waals surface area contributed by atoms with E-state index in [-0.39, 0.29) is 45.6 Å². The molecule has 0 fully saturated rings. The quantitative estimate of drug-likeness (QED) is 0.625. The maximum atomic E-state index is 11.3. The van der Waals surface area contributed by atoms with Gasteiger partial charge in [-0.1, -0.05) is 18.4 Å². The van der Waals surface area contributed by atoms with Gasteiger partial charge in [0.2, 0.25) is 5.78 Å². The molecule has 0 heterocycles. The molecule has 0 saturated carbocycles. The lowest BCUT2D eigenvalue weighted by Gasteiger charge is -1.95. The zero-order valence-electron chi connectivity index (χ0n) is 12.1. The Morgan fingerprint density at radius 3 is 1.82 bits per heavy atom. The molecule has 0 aromatic rings. The second-order valence-corrected chi connectivity index (χ2v) is 3.35. The van der Waals surface area contributed by atoms with Crippen LogP contribution < -0.4 is 18.1 Å². The second kappa shape index (κ2) is 15.9. The van der Waals surface area contributed by atoms with Crippen molar-refractivity contribution in [2.45, 2.75) is 19.4 Å². The van der Waals surface area contributed by atoms with Crippen molar-refractivity contribution in [3.05, 3.63) is 87.2 Å². The lowest BCUT2D eigenvalue weighted by molar-refractivity contribution is -0.402. The van der Waals surface area contributed by atoms with E-state index >= 15 is 0 Å². The summed E-state index contributed by atoms with van der Waals surface area (Å²) in [6, 6.07) is -0.252. The van der Waals surface area contributed by atoms with Crippen LogP contribution in [0.3, 0.4) is 0 Å². The maximum Gasteiger partial charge on any atom is 0.220 e. The minimum absolute atomic E-state index is 0. The monoisotopic (exact) mass is 335 g/mol. The van der Waals surface area contributed by atoms with Crippen LogP contribution in [0.1, 0.15) is 34.7 Å². The lowest BCUT2D eigenvalue weighted by Crippen LogP contribution is -3.00. The molecule has 0 unspecified atom stereocenters. The van der Waals surface area contributed by atoms with Crippen molar-refractivity contribution < 1.29 is 44.3 Å². The van der Waals surface area contributed by atoms with Gasteiger partial charge in [-0.3, -0.25) is 4.79 Å². The molecule has 136 valence electrons. The summed E-state index contributed by atoms with van der Waals surface area (Å²) in [5.74, 6) is -0.0977. The van der Waals surface area contributed by atoms with Crippen LogP contribution in [-0.2, 0) is 4.79 Å². The van der Waals surface area contributed by atoms with Crippen LogP contribution >= 0.6 is 0 Å². The highest BCUT2D eigenvalue weighted by Gasteiger charge is 2.09. The van der Waals surface area contributed by atoms with Crippen LogP contribution in [0.5, 0.6) is 0 Å². The van der Waals surface area contributed by atoms with Crippen molar-refractivity contribution in [3.8, 4) is 0 Å². The van der Waals surface area contributed by atoms with Crippen molar-refractivity contribution in [2.75, 3.05) is 0 Å². The van der Waals surface area contributed by atoms with Crippen molar-refractivity contribution >= 4 is 5.78 Å². The van der Waals surface area contributed by atoms with E-state index in [1.165, 1.54) is 6.08 Å². The topological polar surface area (TPSA) is 44.7 Å². The number of quaternary nitrogens is 1. The number of halogens is 1. The fourth-order valence-corrected chi connectivity index (χ4v) is 0.788. The van der Waals surface area contributed by atoms with E-state index in [1.807, 2.05) is 6.92 Å². The van der Waals surface area contributed by atoms with E-state index < -0.39 is 0 Å². The maximum absolute atomic E-state index is 11.3. The zero-order valence-corrected chi connectivity index (χ0v) is 12.8. The molecule has 22 heavy (non-hydrogen) atoms. The van der Waals surface area contributed by atoms with Crippen LogP contribution in [0.4, 0.5) is 0 Å². The third-order valence-corrected chi connectivity index (χ3v) is 1.90. The normalized spacial score (nSPS) is 7.00. The van der Waals surface area contributed by atoms with Crippen LogP contribution in [-0.4, -0.2) is 11.8 Å². The highest BCUT2D eigenvalue weighted by atomic mass is 35.5. The molecule has 3 heteroatoms. The molecule has 0 saturated heterocycles. The van der Waals surface area contributed by atoms with Crippen molar-refractivity contribution in [1.82, 2.24) is 0 Å². The molecule has 0 aliphatic heterocycles. The molecule has 0 amide bonds. The van der Waals surface area contributed by atoms with E-state index in [4.69, 9.17) is 0 Å². The van der Waals surface area contributed by atoms with Gasteiger partial charge in [-0.25, -0.2) is 0 Å². The summed E-state index contributed by atoms with van der Waals surface area (Å²) in [4.78, 5) is 11.3. The Hall–Kier alpha value is -3.20. The number of carbonyl (C=O) groups is 1. The van der Waals surface area contributed by atoms with E-state index in [2.05, 4.69) is 86.8 Å². The predicted octanol–water partition coefficient (Wildman–Crippen LogP) is 2.47. The first-order valence-electron chi connectivity index (χ1n) is 5.95. The Kier molecular flexibility index (Phi) is 15.2. The molecule has 2 nitrogen and oxygen atoms in total. The third-order valence-electron chi connectivity index (χ3n) is 1.90. The number of carbonyl (C=O) groups excluding carboxylic acids is 1. The number of hydrogen-bond acceptors (Lipinski definition) is 1. The fraction of sp³-hybridized carbons (Fsp3) is 0.158. The van der Waals surface area contributed by atoms with E-state index in [0.717, 1.165) is 0 Å². The average molecular weight is 336 g/mol. The van der Waals surface area contributed by atoms with Crippen LogP contribution in [0.2, 0.25) is 0 Å². The molecule has 0 rings (SSSR count). The van der Waals surface area contributed by atoms with E-state index in [0.29, 0.717) is 6.42 Å². The Labute approximate surface area is 158 Å². The molecule has 0 aromatic heterocycles. The summed E-state index contributed by atoms with van der Waals surface area (Å²) in [6.07, 6.45) is 1.97. The van der Waals surface area contributed by atoms with Crippen molar-refractivity contribution in [2.24, 2.45) is 0 Å².